The standard InChI is InChI=1S/C19H21F4N5O2/c20-14-8-11(10-1-2-10)7-13(19(21,22)23)15(14)28-9-12-16(26-28)24-18(25-17(12)29)27-3-5-30-6-4-27/h7-10,16,18,24,26H,1-6H2,(H,25,29). The van der Waals surface area contributed by atoms with Crippen molar-refractivity contribution in [2.45, 2.75) is 37.4 Å². The van der Waals surface area contributed by atoms with Crippen LogP contribution in [-0.4, -0.2) is 49.6 Å². The number of hydrogen-bond donors (Lipinski definition) is 3. The Bertz CT molecular complexity index is 896. The lowest BCUT2D eigenvalue weighted by Crippen LogP contribution is -2.68. The quantitative estimate of drug-likeness (QED) is 0.637. The highest BCUT2D eigenvalue weighted by Crippen LogP contribution is 2.46. The van der Waals surface area contributed by atoms with Crippen LogP contribution in [0.5, 0.6) is 0 Å². The molecule has 1 saturated carbocycles. The number of nitrogens with zero attached hydrogens (tertiary/aromatic N) is 2. The van der Waals surface area contributed by atoms with Gasteiger partial charge < -0.3 is 10.1 Å². The molecule has 0 radical (unpaired) electrons. The maximum atomic E-state index is 14.9. The van der Waals surface area contributed by atoms with Crippen LogP contribution in [0.25, 0.3) is 0 Å². The number of hydrazine groups is 1. The topological polar surface area (TPSA) is 68.9 Å². The molecule has 30 heavy (non-hydrogen) atoms. The normalized spacial score (nSPS) is 27.7. The van der Waals surface area contributed by atoms with Crippen molar-refractivity contribution < 1.29 is 27.1 Å². The number of fused-ring (bicyclic) bond motifs is 1. The molecule has 7 nitrogen and oxygen atoms in total. The molecule has 3 fully saturated rings. The second-order valence-corrected chi connectivity index (χ2v) is 7.88. The van der Waals surface area contributed by atoms with Gasteiger partial charge in [0.1, 0.15) is 24.0 Å². The Morgan fingerprint density at radius 2 is 1.87 bits per heavy atom. The molecule has 4 aliphatic rings. The van der Waals surface area contributed by atoms with Crippen molar-refractivity contribution in [1.29, 1.82) is 0 Å². The van der Waals surface area contributed by atoms with E-state index in [4.69, 9.17) is 4.74 Å². The highest BCUT2D eigenvalue weighted by molar-refractivity contribution is 5.96. The van der Waals surface area contributed by atoms with Gasteiger partial charge >= 0.3 is 6.18 Å². The Kier molecular flexibility index (Phi) is 4.73. The smallest absolute Gasteiger partial charge is 0.379 e. The van der Waals surface area contributed by atoms with Gasteiger partial charge in [-0.2, -0.15) is 13.2 Å². The summed E-state index contributed by atoms with van der Waals surface area (Å²) in [7, 11) is 0. The van der Waals surface area contributed by atoms with Crippen LogP contribution in [0.1, 0.15) is 29.9 Å². The molecule has 11 heteroatoms. The van der Waals surface area contributed by atoms with Gasteiger partial charge in [-0.15, -0.1) is 0 Å². The number of carbonyl (C=O) groups excluding carboxylic acids is 1. The second kappa shape index (κ2) is 7.19. The van der Waals surface area contributed by atoms with Crippen molar-refractivity contribution in [3.63, 3.8) is 0 Å². The molecule has 0 spiro atoms. The number of alkyl halides is 3. The monoisotopic (exact) mass is 427 g/mol. The molecular weight excluding hydrogens is 406 g/mol. The fourth-order valence-electron chi connectivity index (χ4n) is 4.08. The van der Waals surface area contributed by atoms with Gasteiger partial charge in [0.25, 0.3) is 5.91 Å². The molecule has 1 aromatic carbocycles. The predicted molar refractivity (Wildman–Crippen MR) is 98.3 cm³/mol. The molecule has 1 amide bonds. The van der Waals surface area contributed by atoms with E-state index in [1.54, 1.807) is 0 Å². The van der Waals surface area contributed by atoms with Gasteiger partial charge in [0, 0.05) is 19.3 Å². The van der Waals surface area contributed by atoms with E-state index in [1.807, 2.05) is 4.90 Å². The lowest BCUT2D eigenvalue weighted by Gasteiger charge is -2.40. The summed E-state index contributed by atoms with van der Waals surface area (Å²) in [5.74, 6) is -1.42. The molecule has 1 aromatic rings. The predicted octanol–water partition coefficient (Wildman–Crippen LogP) is 1.59. The number of amides is 1. The van der Waals surface area contributed by atoms with E-state index in [0.717, 1.165) is 30.0 Å². The minimum Gasteiger partial charge on any atom is -0.379 e. The van der Waals surface area contributed by atoms with Gasteiger partial charge in [0.2, 0.25) is 0 Å². The molecule has 3 N–H and O–H groups in total. The van der Waals surface area contributed by atoms with Crippen molar-refractivity contribution in [1.82, 2.24) is 21.0 Å². The number of benzene rings is 1. The molecular formula is C19H21F4N5O2. The van der Waals surface area contributed by atoms with E-state index >= 15 is 0 Å². The fourth-order valence-corrected chi connectivity index (χ4v) is 4.08. The molecule has 2 unspecified atom stereocenters. The van der Waals surface area contributed by atoms with E-state index in [1.165, 1.54) is 6.20 Å². The number of carbonyl (C=O) groups is 1. The zero-order valence-electron chi connectivity index (χ0n) is 15.9. The maximum absolute atomic E-state index is 14.9. The number of halogens is 4. The third kappa shape index (κ3) is 3.55. The van der Waals surface area contributed by atoms with Crippen LogP contribution in [0.4, 0.5) is 23.2 Å². The first-order valence-electron chi connectivity index (χ1n) is 9.88. The minimum atomic E-state index is -4.74. The molecule has 5 rings (SSSR count). The second-order valence-electron chi connectivity index (χ2n) is 7.88. The average Bonchev–Trinajstić information content (AvgIpc) is 3.46. The SMILES string of the molecule is O=C1NC(N2CCOCC2)NC2NN(c3c(F)cc(C4CC4)cc3C(F)(F)F)C=C12. The first-order valence-corrected chi connectivity index (χ1v) is 9.88. The van der Waals surface area contributed by atoms with Crippen molar-refractivity contribution >= 4 is 11.6 Å². The number of morpholine rings is 1. The molecule has 2 saturated heterocycles. The summed E-state index contributed by atoms with van der Waals surface area (Å²) in [6, 6.07) is 2.18. The Labute approximate surface area is 170 Å². The van der Waals surface area contributed by atoms with Gasteiger partial charge in [-0.3, -0.25) is 20.0 Å². The Balaban J connectivity index is 1.43. The van der Waals surface area contributed by atoms with Gasteiger partial charge in [0.05, 0.1) is 24.4 Å². The number of anilines is 1. The summed E-state index contributed by atoms with van der Waals surface area (Å²) in [5.41, 5.74) is 1.66. The molecule has 0 aromatic heterocycles. The van der Waals surface area contributed by atoms with Crippen LogP contribution in [0.2, 0.25) is 0 Å². The third-order valence-corrected chi connectivity index (χ3v) is 5.79. The average molecular weight is 427 g/mol. The third-order valence-electron chi connectivity index (χ3n) is 5.79. The largest absolute Gasteiger partial charge is 0.418 e. The number of rotatable bonds is 3. The van der Waals surface area contributed by atoms with Gasteiger partial charge in [0.15, 0.2) is 0 Å². The van der Waals surface area contributed by atoms with E-state index < -0.39 is 41.6 Å². The van der Waals surface area contributed by atoms with Crippen molar-refractivity contribution in [2.75, 3.05) is 31.3 Å². The first-order chi connectivity index (χ1) is 14.3. The number of nitrogens with one attached hydrogen (secondary N) is 3. The van der Waals surface area contributed by atoms with Gasteiger partial charge in [-0.25, -0.2) is 9.82 Å². The molecule has 3 aliphatic heterocycles. The lowest BCUT2D eigenvalue weighted by atomic mass is 10.0. The van der Waals surface area contributed by atoms with Gasteiger partial charge in [-0.1, -0.05) is 0 Å². The summed E-state index contributed by atoms with van der Waals surface area (Å²) < 4.78 is 61.4. The van der Waals surface area contributed by atoms with Crippen molar-refractivity contribution in [3.8, 4) is 0 Å². The lowest BCUT2D eigenvalue weighted by molar-refractivity contribution is -0.137. The van der Waals surface area contributed by atoms with Crippen molar-refractivity contribution in [2.24, 2.45) is 0 Å². The van der Waals surface area contributed by atoms with Crippen LogP contribution in [-0.2, 0) is 15.7 Å². The molecule has 2 atom stereocenters. The maximum Gasteiger partial charge on any atom is 0.418 e. The summed E-state index contributed by atoms with van der Waals surface area (Å²) in [4.78, 5) is 14.5. The fraction of sp³-hybridized carbons (Fsp3) is 0.526. The van der Waals surface area contributed by atoms with Crippen LogP contribution >= 0.6 is 0 Å². The Morgan fingerprint density at radius 3 is 2.53 bits per heavy atom. The van der Waals surface area contributed by atoms with Crippen LogP contribution < -0.4 is 21.1 Å². The van der Waals surface area contributed by atoms with Gasteiger partial charge in [-0.05, 0) is 36.5 Å². The van der Waals surface area contributed by atoms with Crippen LogP contribution in [0, 0.1) is 5.82 Å². The van der Waals surface area contributed by atoms with E-state index in [9.17, 15) is 22.4 Å². The summed E-state index contributed by atoms with van der Waals surface area (Å²) in [6.45, 7) is 2.24. The number of hydrogen-bond acceptors (Lipinski definition) is 6. The van der Waals surface area contributed by atoms with Crippen LogP contribution in [0.3, 0.4) is 0 Å². The van der Waals surface area contributed by atoms with Crippen molar-refractivity contribution in [3.05, 3.63) is 40.8 Å². The minimum absolute atomic E-state index is 0.0242. The van der Waals surface area contributed by atoms with Crippen LogP contribution in [0.15, 0.2) is 23.9 Å². The van der Waals surface area contributed by atoms with E-state index in [2.05, 4.69) is 16.1 Å². The Hall–Kier alpha value is -2.21. The summed E-state index contributed by atoms with van der Waals surface area (Å²) in [6.07, 6.45) is -3.24. The van der Waals surface area contributed by atoms with E-state index in [-0.39, 0.29) is 11.5 Å². The summed E-state index contributed by atoms with van der Waals surface area (Å²) >= 11 is 0. The molecule has 1 aliphatic carbocycles. The Morgan fingerprint density at radius 1 is 1.13 bits per heavy atom. The number of ether oxygens (including phenoxy) is 1. The molecule has 0 bridgehead atoms. The summed E-state index contributed by atoms with van der Waals surface area (Å²) in [5, 5.41) is 6.90. The highest BCUT2D eigenvalue weighted by Gasteiger charge is 2.43. The molecule has 3 heterocycles. The zero-order chi connectivity index (χ0) is 21.0. The highest BCUT2D eigenvalue weighted by atomic mass is 19.4. The molecule has 162 valence electrons. The van der Waals surface area contributed by atoms with E-state index in [0.29, 0.717) is 31.9 Å². The zero-order valence-corrected chi connectivity index (χ0v) is 15.9. The first kappa shape index (κ1) is 19.7.